The average Bonchev–Trinajstić information content (AvgIpc) is 2.19. The number of rotatable bonds is 4. The van der Waals surface area contributed by atoms with Gasteiger partial charge in [0.15, 0.2) is 0 Å². The topological polar surface area (TPSA) is 35.2 Å². The lowest BCUT2D eigenvalue weighted by atomic mass is 10.0. The lowest BCUT2D eigenvalue weighted by Gasteiger charge is -2.11. The van der Waals surface area contributed by atoms with Crippen molar-refractivity contribution in [3.8, 4) is 5.75 Å². The number of benzene rings is 1. The Morgan fingerprint density at radius 1 is 1.47 bits per heavy atom. The number of ether oxygens (including phenoxy) is 1. The highest BCUT2D eigenvalue weighted by Crippen LogP contribution is 2.23. The molecule has 0 aliphatic heterocycles. The Morgan fingerprint density at radius 2 is 2.13 bits per heavy atom. The van der Waals surface area contributed by atoms with Gasteiger partial charge in [0.2, 0.25) is 0 Å². The van der Waals surface area contributed by atoms with Gasteiger partial charge in [0.1, 0.15) is 11.6 Å². The minimum absolute atomic E-state index is 0.124. The number of hydrogen-bond donors (Lipinski definition) is 1. The van der Waals surface area contributed by atoms with E-state index in [1.165, 1.54) is 6.07 Å². The van der Waals surface area contributed by atoms with Crippen LogP contribution in [-0.4, -0.2) is 13.2 Å². The highest BCUT2D eigenvalue weighted by molar-refractivity contribution is 5.38. The molecule has 0 saturated heterocycles. The van der Waals surface area contributed by atoms with Gasteiger partial charge < -0.3 is 10.5 Å². The van der Waals surface area contributed by atoms with Crippen LogP contribution in [0.1, 0.15) is 24.5 Å². The van der Waals surface area contributed by atoms with Gasteiger partial charge in [-0.05, 0) is 49.9 Å². The summed E-state index contributed by atoms with van der Waals surface area (Å²) in [5.41, 5.74) is 7.16. The minimum Gasteiger partial charge on any atom is -0.496 e. The van der Waals surface area contributed by atoms with Gasteiger partial charge in [-0.3, -0.25) is 0 Å². The van der Waals surface area contributed by atoms with Crippen LogP contribution in [0.5, 0.6) is 5.75 Å². The normalized spacial score (nSPS) is 12.6. The van der Waals surface area contributed by atoms with Crippen LogP contribution in [0.25, 0.3) is 0 Å². The fraction of sp³-hybridized carbons (Fsp3) is 0.500. The molecule has 0 heterocycles. The van der Waals surface area contributed by atoms with Gasteiger partial charge in [0.05, 0.1) is 7.11 Å². The molecule has 0 unspecified atom stereocenters. The molecule has 15 heavy (non-hydrogen) atoms. The van der Waals surface area contributed by atoms with Gasteiger partial charge in [-0.15, -0.1) is 0 Å². The summed E-state index contributed by atoms with van der Waals surface area (Å²) in [5, 5.41) is 0. The summed E-state index contributed by atoms with van der Waals surface area (Å²) in [5.74, 6) is 0.560. The van der Waals surface area contributed by atoms with E-state index in [4.69, 9.17) is 10.5 Å². The second-order valence-electron chi connectivity index (χ2n) is 3.93. The van der Waals surface area contributed by atoms with E-state index < -0.39 is 0 Å². The zero-order valence-corrected chi connectivity index (χ0v) is 9.51. The van der Waals surface area contributed by atoms with Crippen LogP contribution in [0, 0.1) is 12.7 Å². The maximum absolute atomic E-state index is 13.3. The van der Waals surface area contributed by atoms with E-state index in [0.717, 1.165) is 24.2 Å². The smallest absolute Gasteiger partial charge is 0.126 e. The molecule has 0 fully saturated rings. The second kappa shape index (κ2) is 5.12. The Kier molecular flexibility index (Phi) is 4.09. The van der Waals surface area contributed by atoms with Gasteiger partial charge in [-0.2, -0.15) is 0 Å². The van der Waals surface area contributed by atoms with Crippen molar-refractivity contribution in [2.24, 2.45) is 5.73 Å². The van der Waals surface area contributed by atoms with Gasteiger partial charge in [0.25, 0.3) is 0 Å². The largest absolute Gasteiger partial charge is 0.496 e. The van der Waals surface area contributed by atoms with E-state index in [-0.39, 0.29) is 11.9 Å². The first-order valence-electron chi connectivity index (χ1n) is 5.13. The van der Waals surface area contributed by atoms with E-state index in [1.54, 1.807) is 20.1 Å². The molecule has 3 heteroatoms. The number of halogens is 1. The Bertz CT molecular complexity index is 337. The van der Waals surface area contributed by atoms with E-state index in [0.29, 0.717) is 5.56 Å². The summed E-state index contributed by atoms with van der Waals surface area (Å²) in [6, 6.07) is 3.39. The molecule has 1 rings (SSSR count). The molecule has 0 aliphatic carbocycles. The molecule has 0 spiro atoms. The van der Waals surface area contributed by atoms with Crippen LogP contribution in [0.3, 0.4) is 0 Å². The standard InChI is InChI=1S/C12H18FNO/c1-8-6-12(15-3)10(7-11(8)13)5-4-9(2)14/h6-7,9H,4-5,14H2,1-3H3/t9-/m0/s1. The second-order valence-corrected chi connectivity index (χ2v) is 3.93. The molecule has 0 aromatic heterocycles. The lowest BCUT2D eigenvalue weighted by molar-refractivity contribution is 0.406. The molecule has 2 nitrogen and oxygen atoms in total. The molecule has 0 radical (unpaired) electrons. The molecular weight excluding hydrogens is 193 g/mol. The summed E-state index contributed by atoms with van der Waals surface area (Å²) in [7, 11) is 1.60. The summed E-state index contributed by atoms with van der Waals surface area (Å²) >= 11 is 0. The van der Waals surface area contributed by atoms with E-state index in [9.17, 15) is 4.39 Å². The number of methoxy groups -OCH3 is 1. The molecule has 0 saturated carbocycles. The number of hydrogen-bond acceptors (Lipinski definition) is 2. The Hall–Kier alpha value is -1.09. The van der Waals surface area contributed by atoms with E-state index in [2.05, 4.69) is 0 Å². The SMILES string of the molecule is COc1cc(C)c(F)cc1CC[C@H](C)N. The van der Waals surface area contributed by atoms with Gasteiger partial charge >= 0.3 is 0 Å². The molecule has 1 aromatic carbocycles. The minimum atomic E-state index is -0.185. The van der Waals surface area contributed by atoms with Crippen LogP contribution >= 0.6 is 0 Å². The molecule has 2 N–H and O–H groups in total. The third kappa shape index (κ3) is 3.20. The first kappa shape index (κ1) is 12.0. The van der Waals surface area contributed by atoms with Crippen LogP contribution < -0.4 is 10.5 Å². The van der Waals surface area contributed by atoms with Crippen LogP contribution in [0.4, 0.5) is 4.39 Å². The van der Waals surface area contributed by atoms with E-state index in [1.807, 2.05) is 6.92 Å². The Labute approximate surface area is 90.2 Å². The molecule has 0 bridgehead atoms. The van der Waals surface area contributed by atoms with Crippen molar-refractivity contribution in [3.63, 3.8) is 0 Å². The molecule has 1 atom stereocenters. The van der Waals surface area contributed by atoms with Crippen molar-refractivity contribution in [2.75, 3.05) is 7.11 Å². The van der Waals surface area contributed by atoms with Crippen molar-refractivity contribution >= 4 is 0 Å². The monoisotopic (exact) mass is 211 g/mol. The zero-order chi connectivity index (χ0) is 11.4. The summed E-state index contributed by atoms with van der Waals surface area (Å²) in [4.78, 5) is 0. The molecule has 84 valence electrons. The predicted molar refractivity (Wildman–Crippen MR) is 59.7 cm³/mol. The lowest BCUT2D eigenvalue weighted by Crippen LogP contribution is -2.15. The zero-order valence-electron chi connectivity index (χ0n) is 9.51. The first-order chi connectivity index (χ1) is 7.04. The van der Waals surface area contributed by atoms with Crippen molar-refractivity contribution in [2.45, 2.75) is 32.7 Å². The predicted octanol–water partition coefficient (Wildman–Crippen LogP) is 2.42. The number of aryl methyl sites for hydroxylation is 2. The summed E-state index contributed by atoms with van der Waals surface area (Å²) in [6.07, 6.45) is 1.58. The summed E-state index contributed by atoms with van der Waals surface area (Å²) < 4.78 is 18.5. The van der Waals surface area contributed by atoms with Crippen LogP contribution in [-0.2, 0) is 6.42 Å². The molecular formula is C12H18FNO. The van der Waals surface area contributed by atoms with Gasteiger partial charge in [0, 0.05) is 6.04 Å². The average molecular weight is 211 g/mol. The van der Waals surface area contributed by atoms with Crippen molar-refractivity contribution in [1.29, 1.82) is 0 Å². The van der Waals surface area contributed by atoms with Gasteiger partial charge in [-0.1, -0.05) is 0 Å². The maximum Gasteiger partial charge on any atom is 0.126 e. The van der Waals surface area contributed by atoms with Crippen molar-refractivity contribution < 1.29 is 9.13 Å². The third-order valence-electron chi connectivity index (χ3n) is 2.43. The van der Waals surface area contributed by atoms with Crippen LogP contribution in [0.15, 0.2) is 12.1 Å². The fourth-order valence-electron chi connectivity index (χ4n) is 1.46. The Balaban J connectivity index is 2.89. The van der Waals surface area contributed by atoms with Crippen LogP contribution in [0.2, 0.25) is 0 Å². The third-order valence-corrected chi connectivity index (χ3v) is 2.43. The molecule has 1 aromatic rings. The Morgan fingerprint density at radius 3 is 2.67 bits per heavy atom. The maximum atomic E-state index is 13.3. The molecule has 0 amide bonds. The number of nitrogens with two attached hydrogens (primary N) is 1. The van der Waals surface area contributed by atoms with Crippen molar-refractivity contribution in [3.05, 3.63) is 29.1 Å². The first-order valence-corrected chi connectivity index (χ1v) is 5.13. The highest BCUT2D eigenvalue weighted by atomic mass is 19.1. The van der Waals surface area contributed by atoms with E-state index >= 15 is 0 Å². The van der Waals surface area contributed by atoms with Crippen molar-refractivity contribution in [1.82, 2.24) is 0 Å². The highest BCUT2D eigenvalue weighted by Gasteiger charge is 2.08. The summed E-state index contributed by atoms with van der Waals surface area (Å²) in [6.45, 7) is 3.67. The van der Waals surface area contributed by atoms with Gasteiger partial charge in [-0.25, -0.2) is 4.39 Å². The fourth-order valence-corrected chi connectivity index (χ4v) is 1.46. The molecule has 0 aliphatic rings. The quantitative estimate of drug-likeness (QED) is 0.830.